The summed E-state index contributed by atoms with van der Waals surface area (Å²) in [5, 5.41) is 15.5. The lowest BCUT2D eigenvalue weighted by molar-refractivity contribution is -0.142. The highest BCUT2D eigenvalue weighted by Crippen LogP contribution is 2.15. The molecule has 0 aliphatic heterocycles. The van der Waals surface area contributed by atoms with Crippen LogP contribution in [-0.4, -0.2) is 28.3 Å². The Bertz CT molecular complexity index is 247. The predicted octanol–water partition coefficient (Wildman–Crippen LogP) is 0.644. The summed E-state index contributed by atoms with van der Waals surface area (Å²) in [4.78, 5) is 19.3. The summed E-state index contributed by atoms with van der Waals surface area (Å²) in [5.41, 5.74) is 0. The Kier molecular flexibility index (Phi) is 3.27. The third kappa shape index (κ3) is 2.26. The van der Waals surface area contributed by atoms with Crippen LogP contribution in [0.1, 0.15) is 0 Å². The number of hydrogen-bond donors (Lipinski definition) is 2. The number of alkyl halides is 1. The minimum atomic E-state index is -3.28. The molecule has 7 heteroatoms. The normalized spacial score (nSPS) is 14.9. The number of aliphatic carboxylic acids is 2. The van der Waals surface area contributed by atoms with Gasteiger partial charge < -0.3 is 10.2 Å². The zero-order valence-corrected chi connectivity index (χ0v) is 5.42. The molecule has 0 aromatic rings. The summed E-state index contributed by atoms with van der Waals surface area (Å²) in [5.74, 6) is -9.53. The van der Waals surface area contributed by atoms with Crippen LogP contribution in [0.2, 0.25) is 0 Å². The van der Waals surface area contributed by atoms with Crippen LogP contribution < -0.4 is 0 Å². The van der Waals surface area contributed by atoms with Gasteiger partial charge in [-0.3, -0.25) is 0 Å². The maximum atomic E-state index is 12.1. The number of rotatable bonds is 3. The number of carboxylic acids is 2. The molecule has 0 saturated heterocycles. The van der Waals surface area contributed by atoms with Gasteiger partial charge in [-0.15, -0.1) is 0 Å². The molecule has 0 rings (SSSR count). The molecule has 0 spiro atoms. The molecule has 0 saturated carbocycles. The molecular weight excluding hydrogens is 181 g/mol. The Morgan fingerprint density at radius 1 is 1.17 bits per heavy atom. The van der Waals surface area contributed by atoms with E-state index < -0.39 is 29.8 Å². The largest absolute Gasteiger partial charge is 0.479 e. The Labute approximate surface area is 63.9 Å². The van der Waals surface area contributed by atoms with E-state index in [0.717, 1.165) is 0 Å². The van der Waals surface area contributed by atoms with E-state index >= 15 is 0 Å². The fourth-order valence-electron chi connectivity index (χ4n) is 0.322. The molecule has 1 atom stereocenters. The van der Waals surface area contributed by atoms with Crippen molar-refractivity contribution in [3.05, 3.63) is 11.7 Å². The molecule has 0 aliphatic carbocycles. The minimum Gasteiger partial charge on any atom is -0.479 e. The fraction of sp³-hybridized carbons (Fsp3) is 0.200. The van der Waals surface area contributed by atoms with Crippen LogP contribution in [0.4, 0.5) is 13.2 Å². The molecule has 0 radical (unpaired) electrons. The molecule has 4 nitrogen and oxygen atoms in total. The lowest BCUT2D eigenvalue weighted by atomic mass is 10.3. The van der Waals surface area contributed by atoms with Gasteiger partial charge in [-0.25, -0.2) is 18.4 Å². The zero-order chi connectivity index (χ0) is 9.89. The highest BCUT2D eigenvalue weighted by Gasteiger charge is 2.28. The van der Waals surface area contributed by atoms with E-state index in [0.29, 0.717) is 0 Å². The summed E-state index contributed by atoms with van der Waals surface area (Å²) in [6, 6.07) is 0. The quantitative estimate of drug-likeness (QED) is 0.631. The van der Waals surface area contributed by atoms with Crippen molar-refractivity contribution >= 4 is 11.9 Å². The fourth-order valence-corrected chi connectivity index (χ4v) is 0.322. The topological polar surface area (TPSA) is 74.6 Å². The van der Waals surface area contributed by atoms with Gasteiger partial charge in [0.1, 0.15) is 0 Å². The summed E-state index contributed by atoms with van der Waals surface area (Å²) >= 11 is 0. The van der Waals surface area contributed by atoms with Crippen LogP contribution in [0.5, 0.6) is 0 Å². The second kappa shape index (κ2) is 3.74. The summed E-state index contributed by atoms with van der Waals surface area (Å²) < 4.78 is 36.0. The molecule has 0 aromatic carbocycles. The Morgan fingerprint density at radius 2 is 1.58 bits per heavy atom. The summed E-state index contributed by atoms with van der Waals surface area (Å²) in [7, 11) is 0. The van der Waals surface area contributed by atoms with Gasteiger partial charge in [0.25, 0.3) is 6.17 Å². The Hall–Kier alpha value is -1.53. The first kappa shape index (κ1) is 10.5. The van der Waals surface area contributed by atoms with Crippen molar-refractivity contribution < 1.29 is 33.0 Å². The number of carbonyl (C=O) groups is 2. The molecule has 1 unspecified atom stereocenters. The van der Waals surface area contributed by atoms with Crippen LogP contribution in [0.15, 0.2) is 11.7 Å². The number of carboxylic acid groups (broad SMARTS) is 2. The standard InChI is InChI=1S/C5H3F3O4/c6-1(2(7)4(9)10)3(8)5(11)12/h2H,(H,9,10)(H,11,12). The van der Waals surface area contributed by atoms with Crippen LogP contribution >= 0.6 is 0 Å². The second-order valence-corrected chi connectivity index (χ2v) is 1.67. The lowest BCUT2D eigenvalue weighted by Crippen LogP contribution is -2.17. The molecule has 0 fully saturated rings. The van der Waals surface area contributed by atoms with Gasteiger partial charge in [0.2, 0.25) is 5.83 Å². The lowest BCUT2D eigenvalue weighted by Gasteiger charge is -1.98. The number of hydrogen-bond acceptors (Lipinski definition) is 2. The number of halogens is 3. The monoisotopic (exact) mass is 184 g/mol. The highest BCUT2D eigenvalue weighted by atomic mass is 19.2. The first-order chi connectivity index (χ1) is 5.37. The van der Waals surface area contributed by atoms with Crippen molar-refractivity contribution in [1.29, 1.82) is 0 Å². The van der Waals surface area contributed by atoms with Crippen LogP contribution in [0.3, 0.4) is 0 Å². The third-order valence-electron chi connectivity index (χ3n) is 0.837. The third-order valence-corrected chi connectivity index (χ3v) is 0.837. The maximum Gasteiger partial charge on any atom is 0.367 e. The van der Waals surface area contributed by atoms with E-state index in [2.05, 4.69) is 0 Å². The van der Waals surface area contributed by atoms with Gasteiger partial charge in [0.15, 0.2) is 5.83 Å². The highest BCUT2D eigenvalue weighted by molar-refractivity contribution is 5.87. The Balaban J connectivity index is 4.78. The van der Waals surface area contributed by atoms with Crippen molar-refractivity contribution in [3.63, 3.8) is 0 Å². The average molecular weight is 184 g/mol. The van der Waals surface area contributed by atoms with Crippen molar-refractivity contribution in [2.24, 2.45) is 0 Å². The molecule has 2 N–H and O–H groups in total. The van der Waals surface area contributed by atoms with Crippen LogP contribution in [-0.2, 0) is 9.59 Å². The van der Waals surface area contributed by atoms with E-state index in [9.17, 15) is 22.8 Å². The smallest absolute Gasteiger partial charge is 0.367 e. The predicted molar refractivity (Wildman–Crippen MR) is 29.4 cm³/mol. The van der Waals surface area contributed by atoms with Gasteiger partial charge in [-0.1, -0.05) is 0 Å². The van der Waals surface area contributed by atoms with E-state index in [1.165, 1.54) is 0 Å². The molecular formula is C5H3F3O4. The SMILES string of the molecule is O=C(O)C(F)=C(F)C(F)C(=O)O. The van der Waals surface area contributed by atoms with Gasteiger partial charge in [-0.2, -0.15) is 4.39 Å². The van der Waals surface area contributed by atoms with E-state index in [4.69, 9.17) is 10.2 Å². The first-order valence-electron chi connectivity index (χ1n) is 2.53. The van der Waals surface area contributed by atoms with E-state index in [-0.39, 0.29) is 0 Å². The molecule has 12 heavy (non-hydrogen) atoms. The van der Waals surface area contributed by atoms with Gasteiger partial charge in [0, 0.05) is 0 Å². The van der Waals surface area contributed by atoms with Crippen LogP contribution in [0, 0.1) is 0 Å². The van der Waals surface area contributed by atoms with Crippen molar-refractivity contribution in [2.45, 2.75) is 6.17 Å². The van der Waals surface area contributed by atoms with E-state index in [1.54, 1.807) is 0 Å². The van der Waals surface area contributed by atoms with Crippen molar-refractivity contribution in [2.75, 3.05) is 0 Å². The molecule has 68 valence electrons. The second-order valence-electron chi connectivity index (χ2n) is 1.67. The summed E-state index contributed by atoms with van der Waals surface area (Å²) in [6.07, 6.45) is -3.28. The maximum absolute atomic E-state index is 12.1. The van der Waals surface area contributed by atoms with Gasteiger partial charge >= 0.3 is 11.9 Å². The van der Waals surface area contributed by atoms with E-state index in [1.807, 2.05) is 0 Å². The minimum absolute atomic E-state index is 2.29. The molecule has 0 aliphatic rings. The van der Waals surface area contributed by atoms with Crippen molar-refractivity contribution in [3.8, 4) is 0 Å². The van der Waals surface area contributed by atoms with Crippen LogP contribution in [0.25, 0.3) is 0 Å². The zero-order valence-electron chi connectivity index (χ0n) is 5.42. The summed E-state index contributed by atoms with van der Waals surface area (Å²) in [6.45, 7) is 0. The molecule has 0 heterocycles. The Morgan fingerprint density at radius 3 is 1.83 bits per heavy atom. The van der Waals surface area contributed by atoms with Gasteiger partial charge in [-0.05, 0) is 0 Å². The molecule has 0 aromatic heterocycles. The first-order valence-corrected chi connectivity index (χ1v) is 2.53. The molecule has 0 amide bonds. The average Bonchev–Trinajstić information content (AvgIpc) is 2.00. The van der Waals surface area contributed by atoms with Crippen molar-refractivity contribution in [1.82, 2.24) is 0 Å². The molecule has 0 bridgehead atoms. The van der Waals surface area contributed by atoms with Gasteiger partial charge in [0.05, 0.1) is 0 Å².